The molecule has 1 aliphatic heterocycles. The second-order valence-corrected chi connectivity index (χ2v) is 10.7. The Labute approximate surface area is 244 Å². The second-order valence-electron chi connectivity index (χ2n) is 10.7. The Morgan fingerprint density at radius 2 is 1.62 bits per heavy atom. The van der Waals surface area contributed by atoms with Crippen molar-refractivity contribution in [2.45, 2.75) is 51.2 Å². The van der Waals surface area contributed by atoms with Crippen LogP contribution in [0, 0.1) is 5.92 Å². The molecule has 220 valence electrons. The van der Waals surface area contributed by atoms with E-state index in [9.17, 15) is 29.1 Å². The molecule has 3 atom stereocenters. The molecule has 10 nitrogen and oxygen atoms in total. The second kappa shape index (κ2) is 13.8. The lowest BCUT2D eigenvalue weighted by Crippen LogP contribution is -2.57. The van der Waals surface area contributed by atoms with Crippen molar-refractivity contribution in [3.8, 4) is 5.75 Å². The number of nitrogens with one attached hydrogen (secondary N) is 2. The van der Waals surface area contributed by atoms with E-state index in [0.717, 1.165) is 10.8 Å². The Balaban J connectivity index is 1.43. The summed E-state index contributed by atoms with van der Waals surface area (Å²) in [4.78, 5) is 65.9. The van der Waals surface area contributed by atoms with E-state index in [-0.39, 0.29) is 5.92 Å². The van der Waals surface area contributed by atoms with Crippen LogP contribution in [0.15, 0.2) is 72.8 Å². The first-order valence-electron chi connectivity index (χ1n) is 14.0. The number of carboxylic acid groups (broad SMARTS) is 1. The van der Waals surface area contributed by atoms with Crippen molar-refractivity contribution in [2.75, 3.05) is 13.2 Å². The molecule has 4 rings (SSSR count). The summed E-state index contributed by atoms with van der Waals surface area (Å²) >= 11 is 0. The first kappa shape index (κ1) is 30.2. The van der Waals surface area contributed by atoms with Crippen LogP contribution in [0.3, 0.4) is 0 Å². The molecule has 0 aromatic heterocycles. The van der Waals surface area contributed by atoms with Gasteiger partial charge in [0.2, 0.25) is 11.8 Å². The maximum absolute atomic E-state index is 13.7. The molecule has 42 heavy (non-hydrogen) atoms. The summed E-state index contributed by atoms with van der Waals surface area (Å²) in [5.74, 6) is -3.14. The molecule has 3 amide bonds. The molecular weight excluding hydrogens is 538 g/mol. The van der Waals surface area contributed by atoms with Gasteiger partial charge < -0.3 is 25.4 Å². The maximum atomic E-state index is 13.7. The first-order chi connectivity index (χ1) is 20.1. The number of carbonyl (C=O) groups is 5. The number of benzene rings is 3. The van der Waals surface area contributed by atoms with E-state index in [0.29, 0.717) is 30.7 Å². The van der Waals surface area contributed by atoms with E-state index in [2.05, 4.69) is 10.6 Å². The molecule has 1 fully saturated rings. The van der Waals surface area contributed by atoms with Gasteiger partial charge in [-0.05, 0) is 53.8 Å². The van der Waals surface area contributed by atoms with E-state index < -0.39 is 60.6 Å². The Kier molecular flexibility index (Phi) is 9.90. The third kappa shape index (κ3) is 7.51. The number of ether oxygens (including phenoxy) is 1. The van der Waals surface area contributed by atoms with E-state index in [1.54, 1.807) is 42.5 Å². The lowest BCUT2D eigenvalue weighted by molar-refractivity contribution is -0.143. The average molecular weight is 574 g/mol. The van der Waals surface area contributed by atoms with Crippen LogP contribution in [0.4, 0.5) is 0 Å². The molecule has 0 radical (unpaired) electrons. The normalized spacial score (nSPS) is 16.1. The van der Waals surface area contributed by atoms with Crippen LogP contribution in [0.2, 0.25) is 0 Å². The van der Waals surface area contributed by atoms with Gasteiger partial charge in [-0.15, -0.1) is 0 Å². The number of hydrogen-bond donors (Lipinski definition) is 3. The number of rotatable bonds is 12. The molecule has 1 heterocycles. The van der Waals surface area contributed by atoms with E-state index in [1.807, 2.05) is 44.2 Å². The summed E-state index contributed by atoms with van der Waals surface area (Å²) in [5, 5.41) is 16.6. The highest BCUT2D eigenvalue weighted by molar-refractivity contribution is 6.01. The minimum absolute atomic E-state index is 0.275. The highest BCUT2D eigenvalue weighted by Gasteiger charge is 2.40. The molecule has 0 aliphatic carbocycles. The number of hydrogen-bond acceptors (Lipinski definition) is 6. The van der Waals surface area contributed by atoms with Gasteiger partial charge in [-0.25, -0.2) is 0 Å². The number of nitrogens with zero attached hydrogens (tertiary/aromatic N) is 1. The predicted octanol–water partition coefficient (Wildman–Crippen LogP) is 3.19. The SMILES string of the molecule is CC(C)[C@H](NC(=O)c1ccc2ccccc2c1)C(=O)N1CCC[C@H]1C(=O)NC(CC(=O)O)C(=O)COc1ccccc1. The largest absolute Gasteiger partial charge is 0.486 e. The molecule has 0 saturated carbocycles. The number of ketones is 1. The van der Waals surface area contributed by atoms with Crippen molar-refractivity contribution in [1.29, 1.82) is 0 Å². The van der Waals surface area contributed by atoms with Gasteiger partial charge in [-0.2, -0.15) is 0 Å². The van der Waals surface area contributed by atoms with Crippen molar-refractivity contribution in [1.82, 2.24) is 15.5 Å². The van der Waals surface area contributed by atoms with Crippen LogP contribution in [0.5, 0.6) is 5.75 Å². The first-order valence-corrected chi connectivity index (χ1v) is 14.0. The minimum Gasteiger partial charge on any atom is -0.486 e. The van der Waals surface area contributed by atoms with Crippen LogP contribution >= 0.6 is 0 Å². The average Bonchev–Trinajstić information content (AvgIpc) is 3.48. The van der Waals surface area contributed by atoms with Gasteiger partial charge in [0, 0.05) is 12.1 Å². The number of aliphatic carboxylic acids is 1. The van der Waals surface area contributed by atoms with Gasteiger partial charge in [0.1, 0.15) is 30.5 Å². The molecule has 0 spiro atoms. The molecule has 1 saturated heterocycles. The quantitative estimate of drug-likeness (QED) is 0.302. The fraction of sp³-hybridized carbons (Fsp3) is 0.344. The third-order valence-corrected chi connectivity index (χ3v) is 7.28. The van der Waals surface area contributed by atoms with Crippen molar-refractivity contribution < 1.29 is 33.8 Å². The van der Waals surface area contributed by atoms with Crippen molar-refractivity contribution >= 4 is 40.2 Å². The van der Waals surface area contributed by atoms with Crippen LogP contribution in [-0.4, -0.2) is 70.8 Å². The number of carbonyl (C=O) groups excluding carboxylic acids is 4. The third-order valence-electron chi connectivity index (χ3n) is 7.28. The highest BCUT2D eigenvalue weighted by atomic mass is 16.5. The lowest BCUT2D eigenvalue weighted by Gasteiger charge is -2.31. The van der Waals surface area contributed by atoms with E-state index >= 15 is 0 Å². The van der Waals surface area contributed by atoms with Crippen LogP contribution in [0.25, 0.3) is 10.8 Å². The van der Waals surface area contributed by atoms with Crippen LogP contribution in [-0.2, 0) is 19.2 Å². The van der Waals surface area contributed by atoms with Gasteiger partial charge in [0.05, 0.1) is 6.42 Å². The number of para-hydroxylation sites is 1. The molecule has 0 bridgehead atoms. The predicted molar refractivity (Wildman–Crippen MR) is 156 cm³/mol. The number of likely N-dealkylation sites (tertiary alicyclic amines) is 1. The smallest absolute Gasteiger partial charge is 0.305 e. The molecule has 1 unspecified atom stereocenters. The van der Waals surface area contributed by atoms with Gasteiger partial charge in [0.15, 0.2) is 5.78 Å². The maximum Gasteiger partial charge on any atom is 0.305 e. The summed E-state index contributed by atoms with van der Waals surface area (Å²) in [7, 11) is 0. The highest BCUT2D eigenvalue weighted by Crippen LogP contribution is 2.22. The molecule has 3 aromatic carbocycles. The molecule has 3 aromatic rings. The Morgan fingerprint density at radius 3 is 2.31 bits per heavy atom. The zero-order valence-electron chi connectivity index (χ0n) is 23.6. The van der Waals surface area contributed by atoms with Crippen LogP contribution < -0.4 is 15.4 Å². The summed E-state index contributed by atoms with van der Waals surface area (Å²) in [6, 6.07) is 18.4. The Bertz CT molecular complexity index is 1460. The molecule has 10 heteroatoms. The number of carboxylic acids is 1. The molecular formula is C32H35N3O7. The van der Waals surface area contributed by atoms with Crippen molar-refractivity contribution in [2.24, 2.45) is 5.92 Å². The molecule has 3 N–H and O–H groups in total. The standard InChI is InChI=1S/C32H35N3O7/c1-20(2)29(34-30(39)23-15-14-21-9-6-7-10-22(21)17-23)32(41)35-16-8-13-26(35)31(40)33-25(18-28(37)38)27(36)19-42-24-11-4-3-5-12-24/h3-7,9-12,14-15,17,20,25-26,29H,8,13,16,18-19H2,1-2H3,(H,33,40)(H,34,39)(H,37,38)/t25?,26-,29-/m0/s1. The summed E-state index contributed by atoms with van der Waals surface area (Å²) in [5.41, 5.74) is 0.413. The van der Waals surface area contributed by atoms with Crippen molar-refractivity contribution in [3.63, 3.8) is 0 Å². The van der Waals surface area contributed by atoms with Crippen molar-refractivity contribution in [3.05, 3.63) is 78.4 Å². The van der Waals surface area contributed by atoms with Gasteiger partial charge >= 0.3 is 5.97 Å². The topological polar surface area (TPSA) is 142 Å². The van der Waals surface area contributed by atoms with E-state index in [1.165, 1.54) is 4.90 Å². The van der Waals surface area contributed by atoms with Gasteiger partial charge in [-0.1, -0.05) is 62.4 Å². The van der Waals surface area contributed by atoms with Crippen LogP contribution in [0.1, 0.15) is 43.5 Å². The van der Waals surface area contributed by atoms with Gasteiger partial charge in [-0.3, -0.25) is 24.0 Å². The zero-order valence-corrected chi connectivity index (χ0v) is 23.6. The fourth-order valence-corrected chi connectivity index (χ4v) is 5.01. The Morgan fingerprint density at radius 1 is 0.929 bits per heavy atom. The summed E-state index contributed by atoms with van der Waals surface area (Å²) in [6.07, 6.45) is 0.261. The molecule has 1 aliphatic rings. The monoisotopic (exact) mass is 573 g/mol. The minimum atomic E-state index is -1.33. The Hall–Kier alpha value is -4.73. The summed E-state index contributed by atoms with van der Waals surface area (Å²) < 4.78 is 5.45. The van der Waals surface area contributed by atoms with E-state index in [4.69, 9.17) is 4.74 Å². The summed E-state index contributed by atoms with van der Waals surface area (Å²) in [6.45, 7) is 3.48. The number of amides is 3. The van der Waals surface area contributed by atoms with Gasteiger partial charge in [0.25, 0.3) is 5.91 Å². The lowest BCUT2D eigenvalue weighted by atomic mass is 10.0. The number of fused-ring (bicyclic) bond motifs is 1. The zero-order chi connectivity index (χ0) is 30.2. The fourth-order valence-electron chi connectivity index (χ4n) is 5.01. The number of Topliss-reactive ketones (excluding diaryl/α,β-unsaturated/α-hetero) is 1.